The lowest BCUT2D eigenvalue weighted by molar-refractivity contribution is -0.143. The Bertz CT molecular complexity index is 1490. The predicted molar refractivity (Wildman–Crippen MR) is 187 cm³/mol. The van der Waals surface area contributed by atoms with E-state index in [-0.39, 0.29) is 42.3 Å². The summed E-state index contributed by atoms with van der Waals surface area (Å²) in [6.07, 6.45) is 2.92. The Labute approximate surface area is 297 Å². The average Bonchev–Trinajstić information content (AvgIpc) is 3.10. The Balaban J connectivity index is 1.22. The van der Waals surface area contributed by atoms with Crippen LogP contribution in [0.3, 0.4) is 0 Å². The van der Waals surface area contributed by atoms with E-state index in [4.69, 9.17) is 11.6 Å². The van der Waals surface area contributed by atoms with Gasteiger partial charge in [0.15, 0.2) is 0 Å². The number of halogens is 4. The number of para-hydroxylation sites is 1. The first kappa shape index (κ1) is 37.7. The van der Waals surface area contributed by atoms with Crippen LogP contribution in [0.25, 0.3) is 0 Å². The summed E-state index contributed by atoms with van der Waals surface area (Å²) in [7, 11) is 0. The Morgan fingerprint density at radius 2 is 1.60 bits per heavy atom. The zero-order chi connectivity index (χ0) is 35.8. The monoisotopic (exact) mass is 719 g/mol. The number of benzene rings is 2. The maximum atomic E-state index is 14.0. The molecule has 0 bridgehead atoms. The number of piperidine rings is 3. The largest absolute Gasteiger partial charge is 0.506 e. The topological polar surface area (TPSA) is 105 Å². The Kier molecular flexibility index (Phi) is 12.9. The number of aryl methyl sites for hydroxylation is 1. The van der Waals surface area contributed by atoms with Crippen molar-refractivity contribution in [3.8, 4) is 5.75 Å². The standard InChI is InChI=1S/C37H49ClF3N5O4/c1-2-8-26-9-4-5-10-32(26)43-36(50)42-28-11-17-45(18-12-28)33(47)24-27(21-25-22-30(37(39,40)41)34(48)31(38)23-25)35(49)46-19-13-29(14-20-46)44-15-6-3-7-16-44/h4-5,9-10,22-23,27-29,48H,2-3,6-8,11-21,24H2,1H3,(H2,42,43,50)/t27-/m0/s1. The van der Waals surface area contributed by atoms with Gasteiger partial charge < -0.3 is 30.4 Å². The number of amides is 4. The van der Waals surface area contributed by atoms with Crippen LogP contribution in [0.2, 0.25) is 5.02 Å². The number of nitrogens with one attached hydrogen (secondary N) is 2. The second-order valence-electron chi connectivity index (χ2n) is 13.9. The molecule has 0 saturated carbocycles. The fourth-order valence-electron chi connectivity index (χ4n) is 7.60. The van der Waals surface area contributed by atoms with Gasteiger partial charge in [0, 0.05) is 50.4 Å². The third-order valence-electron chi connectivity index (χ3n) is 10.3. The third-order valence-corrected chi connectivity index (χ3v) is 10.6. The molecular weight excluding hydrogens is 671 g/mol. The summed E-state index contributed by atoms with van der Waals surface area (Å²) >= 11 is 6.01. The molecule has 9 nitrogen and oxygen atoms in total. The molecule has 2 aromatic carbocycles. The predicted octanol–water partition coefficient (Wildman–Crippen LogP) is 6.86. The average molecular weight is 720 g/mol. The molecule has 0 radical (unpaired) electrons. The number of aromatic hydroxyl groups is 1. The zero-order valence-corrected chi connectivity index (χ0v) is 29.5. The minimum atomic E-state index is -4.84. The Morgan fingerprint density at radius 1 is 0.940 bits per heavy atom. The number of hydrogen-bond acceptors (Lipinski definition) is 5. The molecule has 2 aromatic rings. The smallest absolute Gasteiger partial charge is 0.420 e. The van der Waals surface area contributed by atoms with Gasteiger partial charge in [0.25, 0.3) is 0 Å². The van der Waals surface area contributed by atoms with E-state index in [2.05, 4.69) is 22.5 Å². The summed E-state index contributed by atoms with van der Waals surface area (Å²) < 4.78 is 41.2. The fraction of sp³-hybridized carbons (Fsp3) is 0.595. The van der Waals surface area contributed by atoms with Gasteiger partial charge in [-0.1, -0.05) is 49.6 Å². The normalized spacial score (nSPS) is 18.9. The van der Waals surface area contributed by atoms with E-state index >= 15 is 0 Å². The molecule has 3 saturated heterocycles. The second kappa shape index (κ2) is 17.1. The quantitative estimate of drug-likeness (QED) is 0.249. The minimum Gasteiger partial charge on any atom is -0.506 e. The highest BCUT2D eigenvalue weighted by molar-refractivity contribution is 6.32. The van der Waals surface area contributed by atoms with E-state index in [1.165, 1.54) is 25.3 Å². The lowest BCUT2D eigenvalue weighted by Gasteiger charge is -2.41. The van der Waals surface area contributed by atoms with Crippen LogP contribution in [0, 0.1) is 5.92 Å². The first-order valence-electron chi connectivity index (χ1n) is 18.0. The van der Waals surface area contributed by atoms with Crippen molar-refractivity contribution >= 4 is 35.1 Å². The highest BCUT2D eigenvalue weighted by Crippen LogP contribution is 2.41. The van der Waals surface area contributed by atoms with Crippen molar-refractivity contribution in [1.82, 2.24) is 20.0 Å². The van der Waals surface area contributed by atoms with Crippen molar-refractivity contribution in [1.29, 1.82) is 0 Å². The van der Waals surface area contributed by atoms with Crippen molar-refractivity contribution < 1.29 is 32.7 Å². The van der Waals surface area contributed by atoms with Crippen LogP contribution >= 0.6 is 11.6 Å². The van der Waals surface area contributed by atoms with Gasteiger partial charge in [-0.05, 0) is 93.8 Å². The van der Waals surface area contributed by atoms with E-state index in [0.29, 0.717) is 45.1 Å². The highest BCUT2D eigenvalue weighted by Gasteiger charge is 2.37. The molecule has 3 heterocycles. The van der Waals surface area contributed by atoms with Crippen LogP contribution in [-0.4, -0.2) is 89.0 Å². The van der Waals surface area contributed by atoms with Gasteiger partial charge in [0.05, 0.1) is 16.5 Å². The number of carbonyl (C=O) groups is 3. The van der Waals surface area contributed by atoms with Gasteiger partial charge >= 0.3 is 12.2 Å². The van der Waals surface area contributed by atoms with Crippen LogP contribution < -0.4 is 10.6 Å². The molecule has 4 amide bonds. The first-order valence-corrected chi connectivity index (χ1v) is 18.3. The molecule has 3 aliphatic heterocycles. The van der Waals surface area contributed by atoms with E-state index < -0.39 is 28.4 Å². The Hall–Kier alpha value is -3.51. The molecular formula is C37H49ClF3N5O4. The lowest BCUT2D eigenvalue weighted by Crippen LogP contribution is -2.50. The molecule has 3 fully saturated rings. The first-order chi connectivity index (χ1) is 23.9. The maximum absolute atomic E-state index is 14.0. The van der Waals surface area contributed by atoms with Crippen molar-refractivity contribution in [3.63, 3.8) is 0 Å². The number of hydrogen-bond donors (Lipinski definition) is 3. The number of nitrogens with zero attached hydrogens (tertiary/aromatic N) is 3. The summed E-state index contributed by atoms with van der Waals surface area (Å²) in [6.45, 7) is 6.00. The van der Waals surface area contributed by atoms with Crippen molar-refractivity contribution in [2.75, 3.05) is 44.6 Å². The van der Waals surface area contributed by atoms with Crippen LogP contribution in [0.5, 0.6) is 5.75 Å². The number of phenolic OH excluding ortho intramolecular Hbond substituents is 1. The number of alkyl halides is 3. The Morgan fingerprint density at radius 3 is 2.26 bits per heavy atom. The second-order valence-corrected chi connectivity index (χ2v) is 14.3. The van der Waals surface area contributed by atoms with E-state index in [9.17, 15) is 32.7 Å². The number of anilines is 1. The molecule has 3 N–H and O–H groups in total. The van der Waals surface area contributed by atoms with Gasteiger partial charge in [-0.2, -0.15) is 13.2 Å². The molecule has 5 rings (SSSR count). The molecule has 0 aromatic heterocycles. The SMILES string of the molecule is CCCc1ccccc1NC(=O)NC1CCN(C(=O)C[C@H](Cc2cc(Cl)c(O)c(C(F)(F)F)c2)C(=O)N2CCC(N3CCCCC3)CC2)CC1. The number of rotatable bonds is 10. The summed E-state index contributed by atoms with van der Waals surface area (Å²) in [4.78, 5) is 46.4. The molecule has 0 aliphatic carbocycles. The molecule has 274 valence electrons. The third kappa shape index (κ3) is 9.84. The van der Waals surface area contributed by atoms with Gasteiger partial charge in [-0.15, -0.1) is 0 Å². The van der Waals surface area contributed by atoms with E-state index in [0.717, 1.165) is 56.1 Å². The maximum Gasteiger partial charge on any atom is 0.420 e. The molecule has 0 unspecified atom stereocenters. The minimum absolute atomic E-state index is 0.128. The van der Waals surface area contributed by atoms with E-state index in [1.807, 2.05) is 24.3 Å². The van der Waals surface area contributed by atoms with E-state index in [1.54, 1.807) is 9.80 Å². The number of likely N-dealkylation sites (tertiary alicyclic amines) is 3. The van der Waals surface area contributed by atoms with Gasteiger partial charge in [-0.25, -0.2) is 4.79 Å². The molecule has 1 atom stereocenters. The van der Waals surface area contributed by atoms with Crippen LogP contribution in [0.15, 0.2) is 36.4 Å². The van der Waals surface area contributed by atoms with Crippen molar-refractivity contribution in [2.45, 2.75) is 95.8 Å². The number of urea groups is 1. The summed E-state index contributed by atoms with van der Waals surface area (Å²) in [5, 5.41) is 15.5. The number of phenols is 1. The van der Waals surface area contributed by atoms with Gasteiger partial charge in [-0.3, -0.25) is 9.59 Å². The zero-order valence-electron chi connectivity index (χ0n) is 28.7. The van der Waals surface area contributed by atoms with Crippen molar-refractivity contribution in [3.05, 3.63) is 58.1 Å². The van der Waals surface area contributed by atoms with Crippen molar-refractivity contribution in [2.24, 2.45) is 5.92 Å². The summed E-state index contributed by atoms with van der Waals surface area (Å²) in [5.74, 6) is -2.48. The van der Waals surface area contributed by atoms with Gasteiger partial charge in [0.2, 0.25) is 11.8 Å². The lowest BCUT2D eigenvalue weighted by atomic mass is 9.91. The summed E-state index contributed by atoms with van der Waals surface area (Å²) in [5.41, 5.74) is 0.685. The fourth-order valence-corrected chi connectivity index (χ4v) is 7.84. The number of carbonyl (C=O) groups excluding carboxylic acids is 3. The van der Waals surface area contributed by atoms with Crippen LogP contribution in [0.4, 0.5) is 23.7 Å². The van der Waals surface area contributed by atoms with Crippen LogP contribution in [-0.2, 0) is 28.6 Å². The van der Waals surface area contributed by atoms with Crippen LogP contribution in [0.1, 0.15) is 81.4 Å². The summed E-state index contributed by atoms with van der Waals surface area (Å²) in [6, 6.07) is 9.68. The molecule has 3 aliphatic rings. The molecule has 50 heavy (non-hydrogen) atoms. The molecule has 0 spiro atoms. The highest BCUT2D eigenvalue weighted by atomic mass is 35.5. The molecule has 13 heteroatoms. The van der Waals surface area contributed by atoms with Gasteiger partial charge in [0.1, 0.15) is 5.75 Å².